The van der Waals surface area contributed by atoms with Gasteiger partial charge in [-0.3, -0.25) is 0 Å². The molecule has 2 aromatic heterocycles. The molecule has 0 bridgehead atoms. The first-order valence-corrected chi connectivity index (χ1v) is 9.58. The number of fused-ring (bicyclic) bond motifs is 1. The number of benzene rings is 2. The molecule has 7 nitrogen and oxygen atoms in total. The average molecular weight is 425 g/mol. The Morgan fingerprint density at radius 1 is 1.19 bits per heavy atom. The largest absolute Gasteiger partial charge is 0.490 e. The summed E-state index contributed by atoms with van der Waals surface area (Å²) in [7, 11) is 1.56. The fourth-order valence-electron chi connectivity index (χ4n) is 3.34. The second-order valence-electron chi connectivity index (χ2n) is 7.24. The molecule has 8 heteroatoms. The number of ether oxygens (including phenoxy) is 2. The van der Waals surface area contributed by atoms with Crippen molar-refractivity contribution in [1.82, 2.24) is 5.16 Å². The lowest BCUT2D eigenvalue weighted by Crippen LogP contribution is -2.06. The van der Waals surface area contributed by atoms with E-state index in [1.165, 1.54) is 24.3 Å². The lowest BCUT2D eigenvalue weighted by atomic mass is 10.0. The van der Waals surface area contributed by atoms with E-state index in [1.807, 2.05) is 13.8 Å². The van der Waals surface area contributed by atoms with Crippen molar-refractivity contribution in [2.45, 2.75) is 26.6 Å². The van der Waals surface area contributed by atoms with Crippen molar-refractivity contribution >= 4 is 16.9 Å². The van der Waals surface area contributed by atoms with Gasteiger partial charge in [0, 0.05) is 24.1 Å². The summed E-state index contributed by atoms with van der Waals surface area (Å²) >= 11 is 0. The molecule has 0 unspecified atom stereocenters. The number of hydrogen-bond donors (Lipinski definition) is 1. The van der Waals surface area contributed by atoms with Crippen molar-refractivity contribution < 1.29 is 32.7 Å². The molecule has 0 saturated heterocycles. The minimum atomic E-state index is -1.16. The van der Waals surface area contributed by atoms with E-state index in [1.54, 1.807) is 25.3 Å². The number of furan rings is 1. The number of hydrogen-bond acceptors (Lipinski definition) is 6. The third kappa shape index (κ3) is 4.02. The van der Waals surface area contributed by atoms with Crippen LogP contribution in [0.15, 0.2) is 51.4 Å². The van der Waals surface area contributed by atoms with Crippen molar-refractivity contribution in [3.8, 4) is 28.4 Å². The second-order valence-corrected chi connectivity index (χ2v) is 7.24. The van der Waals surface area contributed by atoms with Crippen LogP contribution < -0.4 is 4.74 Å². The van der Waals surface area contributed by atoms with E-state index in [0.717, 1.165) is 0 Å². The predicted molar refractivity (Wildman–Crippen MR) is 111 cm³/mol. The maximum Gasteiger partial charge on any atom is 0.340 e. The van der Waals surface area contributed by atoms with Gasteiger partial charge in [-0.25, -0.2) is 9.18 Å². The van der Waals surface area contributed by atoms with Gasteiger partial charge in [0.2, 0.25) is 0 Å². The van der Waals surface area contributed by atoms with Gasteiger partial charge < -0.3 is 23.5 Å². The zero-order valence-corrected chi connectivity index (χ0v) is 17.1. The first kappa shape index (κ1) is 20.6. The van der Waals surface area contributed by atoms with E-state index in [-0.39, 0.29) is 24.0 Å². The van der Waals surface area contributed by atoms with Crippen LogP contribution in [0.25, 0.3) is 33.6 Å². The Hall–Kier alpha value is -3.65. The van der Waals surface area contributed by atoms with Gasteiger partial charge in [0.05, 0.1) is 18.3 Å². The summed E-state index contributed by atoms with van der Waals surface area (Å²) in [6.45, 7) is 4.01. The molecular formula is C23H20FNO6. The number of rotatable bonds is 7. The number of methoxy groups -OCH3 is 1. The Morgan fingerprint density at radius 2 is 1.94 bits per heavy atom. The summed E-state index contributed by atoms with van der Waals surface area (Å²) in [5, 5.41) is 14.2. The van der Waals surface area contributed by atoms with E-state index in [4.69, 9.17) is 18.4 Å². The first-order valence-electron chi connectivity index (χ1n) is 9.58. The number of carboxylic acid groups (broad SMARTS) is 1. The van der Waals surface area contributed by atoms with Crippen molar-refractivity contribution in [3.63, 3.8) is 0 Å². The van der Waals surface area contributed by atoms with E-state index in [2.05, 4.69) is 5.16 Å². The molecule has 0 spiro atoms. The molecule has 1 N–H and O–H groups in total. The van der Waals surface area contributed by atoms with Crippen LogP contribution >= 0.6 is 0 Å². The summed E-state index contributed by atoms with van der Waals surface area (Å²) in [4.78, 5) is 12.1. The van der Waals surface area contributed by atoms with Crippen LogP contribution in [-0.2, 0) is 11.3 Å². The highest BCUT2D eigenvalue weighted by Crippen LogP contribution is 2.41. The highest BCUT2D eigenvalue weighted by Gasteiger charge is 2.25. The molecule has 0 amide bonds. The molecule has 0 atom stereocenters. The molecule has 0 aliphatic heterocycles. The zero-order valence-electron chi connectivity index (χ0n) is 17.1. The highest BCUT2D eigenvalue weighted by molar-refractivity contribution is 6.09. The SMILES string of the molecule is COCc1cc(-c2cc3oc(-c4ccc(F)cc4)c(C(=O)O)c3cc2OC(C)C)on1. The van der Waals surface area contributed by atoms with Crippen molar-refractivity contribution in [1.29, 1.82) is 0 Å². The third-order valence-corrected chi connectivity index (χ3v) is 4.59. The molecule has 4 rings (SSSR count). The molecule has 0 saturated carbocycles. The standard InChI is InChI=1S/C23H20FNO6/c1-12(2)29-18-10-17-19(9-16(18)20-8-15(11-28-3)25-31-20)30-22(21(17)23(26)27)13-4-6-14(24)7-5-13/h4-10,12H,11H2,1-3H3,(H,26,27). The minimum absolute atomic E-state index is 0.0283. The van der Waals surface area contributed by atoms with Crippen molar-refractivity contribution in [2.24, 2.45) is 0 Å². The first-order chi connectivity index (χ1) is 14.9. The van der Waals surface area contributed by atoms with Gasteiger partial charge in [0.25, 0.3) is 0 Å². The third-order valence-electron chi connectivity index (χ3n) is 4.59. The van der Waals surface area contributed by atoms with Crippen LogP contribution in [0, 0.1) is 5.82 Å². The summed E-state index contributed by atoms with van der Waals surface area (Å²) in [5.74, 6) is -0.599. The highest BCUT2D eigenvalue weighted by atomic mass is 19.1. The topological polar surface area (TPSA) is 94.9 Å². The molecule has 0 fully saturated rings. The van der Waals surface area contributed by atoms with Crippen LogP contribution in [0.5, 0.6) is 5.75 Å². The number of halogens is 1. The molecule has 160 valence electrons. The van der Waals surface area contributed by atoms with Gasteiger partial charge >= 0.3 is 5.97 Å². The molecule has 0 aliphatic rings. The van der Waals surface area contributed by atoms with Crippen LogP contribution in [0.2, 0.25) is 0 Å². The Labute approximate surface area is 177 Å². The molecule has 2 heterocycles. The number of carbonyl (C=O) groups is 1. The lowest BCUT2D eigenvalue weighted by Gasteiger charge is -2.13. The maximum atomic E-state index is 13.3. The Morgan fingerprint density at radius 3 is 2.58 bits per heavy atom. The van der Waals surface area contributed by atoms with Gasteiger partial charge in [-0.1, -0.05) is 5.16 Å². The van der Waals surface area contributed by atoms with Gasteiger partial charge in [0.1, 0.15) is 34.2 Å². The summed E-state index contributed by atoms with van der Waals surface area (Å²) in [5.41, 5.74) is 1.91. The van der Waals surface area contributed by atoms with E-state index in [0.29, 0.717) is 39.3 Å². The number of carboxylic acids is 1. The minimum Gasteiger partial charge on any atom is -0.490 e. The van der Waals surface area contributed by atoms with E-state index in [9.17, 15) is 14.3 Å². The van der Waals surface area contributed by atoms with Gasteiger partial charge in [0.15, 0.2) is 5.76 Å². The fraction of sp³-hybridized carbons (Fsp3) is 0.217. The molecular weight excluding hydrogens is 405 g/mol. The van der Waals surface area contributed by atoms with Crippen molar-refractivity contribution in [3.05, 3.63) is 59.5 Å². The summed E-state index contributed by atoms with van der Waals surface area (Å²) in [6, 6.07) is 10.4. The second kappa shape index (κ2) is 8.23. The molecule has 0 radical (unpaired) electrons. The fourth-order valence-corrected chi connectivity index (χ4v) is 3.34. The number of aromatic carboxylic acids is 1. The Balaban J connectivity index is 1.94. The zero-order chi connectivity index (χ0) is 22.1. The van der Waals surface area contributed by atoms with Crippen LogP contribution in [0.4, 0.5) is 4.39 Å². The van der Waals surface area contributed by atoms with Crippen LogP contribution in [0.1, 0.15) is 29.9 Å². The number of aromatic nitrogens is 1. The molecule has 4 aromatic rings. The normalized spacial score (nSPS) is 11.4. The summed E-state index contributed by atoms with van der Waals surface area (Å²) in [6.07, 6.45) is -0.172. The summed E-state index contributed by atoms with van der Waals surface area (Å²) < 4.78 is 35.7. The van der Waals surface area contributed by atoms with Crippen molar-refractivity contribution in [2.75, 3.05) is 7.11 Å². The van der Waals surface area contributed by atoms with E-state index >= 15 is 0 Å². The predicted octanol–water partition coefficient (Wildman–Crippen LogP) is 5.53. The quantitative estimate of drug-likeness (QED) is 0.416. The Bertz CT molecular complexity index is 1240. The Kier molecular flexibility index (Phi) is 5.48. The molecule has 31 heavy (non-hydrogen) atoms. The maximum absolute atomic E-state index is 13.3. The van der Waals surface area contributed by atoms with Crippen LogP contribution in [-0.4, -0.2) is 29.4 Å². The lowest BCUT2D eigenvalue weighted by molar-refractivity contribution is 0.0699. The average Bonchev–Trinajstić information content (AvgIpc) is 3.32. The smallest absolute Gasteiger partial charge is 0.340 e. The van der Waals surface area contributed by atoms with Gasteiger partial charge in [-0.2, -0.15) is 0 Å². The number of nitrogens with zero attached hydrogens (tertiary/aromatic N) is 1. The monoisotopic (exact) mass is 425 g/mol. The molecule has 2 aromatic carbocycles. The van der Waals surface area contributed by atoms with Crippen LogP contribution in [0.3, 0.4) is 0 Å². The van der Waals surface area contributed by atoms with E-state index < -0.39 is 11.8 Å². The van der Waals surface area contributed by atoms with Gasteiger partial charge in [-0.15, -0.1) is 0 Å². The molecule has 0 aliphatic carbocycles. The van der Waals surface area contributed by atoms with Gasteiger partial charge in [-0.05, 0) is 50.2 Å².